The zero-order chi connectivity index (χ0) is 17.4. The molecule has 2 amide bonds. The summed E-state index contributed by atoms with van der Waals surface area (Å²) < 4.78 is 14.1. The van der Waals surface area contributed by atoms with Crippen LogP contribution in [0.4, 0.5) is 4.39 Å². The summed E-state index contributed by atoms with van der Waals surface area (Å²) in [5, 5.41) is 0. The summed E-state index contributed by atoms with van der Waals surface area (Å²) in [6, 6.07) is 4.62. The van der Waals surface area contributed by atoms with Crippen molar-refractivity contribution in [2.24, 2.45) is 11.7 Å². The monoisotopic (exact) mass is 322 g/mol. The first-order valence-corrected chi connectivity index (χ1v) is 8.40. The van der Waals surface area contributed by atoms with E-state index in [1.807, 2.05) is 20.8 Å². The van der Waals surface area contributed by atoms with E-state index in [1.54, 1.807) is 17.0 Å². The van der Waals surface area contributed by atoms with Crippen molar-refractivity contribution in [3.63, 3.8) is 0 Å². The van der Waals surface area contributed by atoms with Gasteiger partial charge in [0, 0.05) is 19.0 Å². The van der Waals surface area contributed by atoms with Crippen LogP contribution in [0.1, 0.15) is 56.0 Å². The second kappa shape index (κ2) is 9.28. The van der Waals surface area contributed by atoms with Gasteiger partial charge in [-0.1, -0.05) is 32.9 Å². The number of carbonyl (C=O) groups excluding carboxylic acids is 2. The van der Waals surface area contributed by atoms with E-state index in [9.17, 15) is 14.0 Å². The summed E-state index contributed by atoms with van der Waals surface area (Å²) in [6.07, 6.45) is 3.20. The van der Waals surface area contributed by atoms with E-state index in [0.717, 1.165) is 19.3 Å². The lowest BCUT2D eigenvalue weighted by molar-refractivity contribution is -0.132. The van der Waals surface area contributed by atoms with Crippen LogP contribution in [0, 0.1) is 11.7 Å². The molecule has 0 radical (unpaired) electrons. The van der Waals surface area contributed by atoms with E-state index in [2.05, 4.69) is 0 Å². The molecule has 128 valence electrons. The van der Waals surface area contributed by atoms with E-state index < -0.39 is 11.7 Å². The van der Waals surface area contributed by atoms with Gasteiger partial charge in [-0.3, -0.25) is 9.59 Å². The number of rotatable bonds is 7. The van der Waals surface area contributed by atoms with Crippen LogP contribution in [0.15, 0.2) is 18.2 Å². The Bertz CT molecular complexity index is 542. The molecule has 0 unspecified atom stereocenters. The van der Waals surface area contributed by atoms with Gasteiger partial charge in [0.1, 0.15) is 5.82 Å². The first-order valence-electron chi connectivity index (χ1n) is 8.40. The Morgan fingerprint density at radius 1 is 1.26 bits per heavy atom. The van der Waals surface area contributed by atoms with Gasteiger partial charge in [-0.25, -0.2) is 4.39 Å². The SMILES string of the molecule is CC.CCCN(CCc1cccc(C(N)=O)c1F)C(=O)C1CC1. The topological polar surface area (TPSA) is 63.4 Å². The van der Waals surface area contributed by atoms with Crippen molar-refractivity contribution in [2.75, 3.05) is 13.1 Å². The highest BCUT2D eigenvalue weighted by atomic mass is 19.1. The van der Waals surface area contributed by atoms with Gasteiger partial charge >= 0.3 is 0 Å². The van der Waals surface area contributed by atoms with Gasteiger partial charge < -0.3 is 10.6 Å². The van der Waals surface area contributed by atoms with E-state index in [-0.39, 0.29) is 17.4 Å². The smallest absolute Gasteiger partial charge is 0.251 e. The maximum atomic E-state index is 14.1. The van der Waals surface area contributed by atoms with E-state index in [1.165, 1.54) is 6.07 Å². The molecule has 2 N–H and O–H groups in total. The highest BCUT2D eigenvalue weighted by molar-refractivity contribution is 5.93. The van der Waals surface area contributed by atoms with Crippen molar-refractivity contribution < 1.29 is 14.0 Å². The number of hydrogen-bond donors (Lipinski definition) is 1. The minimum Gasteiger partial charge on any atom is -0.366 e. The number of nitrogens with zero attached hydrogens (tertiary/aromatic N) is 1. The highest BCUT2D eigenvalue weighted by Gasteiger charge is 2.32. The Hall–Kier alpha value is -1.91. The van der Waals surface area contributed by atoms with Crippen molar-refractivity contribution in [1.29, 1.82) is 0 Å². The molecule has 0 aliphatic heterocycles. The number of hydrogen-bond acceptors (Lipinski definition) is 2. The van der Waals surface area contributed by atoms with Crippen LogP contribution in [0.3, 0.4) is 0 Å². The minimum absolute atomic E-state index is 0.0944. The molecule has 0 saturated heterocycles. The lowest BCUT2D eigenvalue weighted by Crippen LogP contribution is -2.34. The predicted octanol–water partition coefficient (Wildman–Crippen LogP) is 3.14. The second-order valence-electron chi connectivity index (χ2n) is 5.49. The van der Waals surface area contributed by atoms with Gasteiger partial charge in [-0.05, 0) is 37.3 Å². The van der Waals surface area contributed by atoms with Crippen LogP contribution in [-0.4, -0.2) is 29.8 Å². The highest BCUT2D eigenvalue weighted by Crippen LogP contribution is 2.31. The number of amides is 2. The van der Waals surface area contributed by atoms with Crippen molar-refractivity contribution in [1.82, 2.24) is 4.90 Å². The molecule has 1 saturated carbocycles. The molecule has 0 atom stereocenters. The third-order valence-corrected chi connectivity index (χ3v) is 3.73. The average molecular weight is 322 g/mol. The predicted molar refractivity (Wildman–Crippen MR) is 89.6 cm³/mol. The van der Waals surface area contributed by atoms with E-state index in [4.69, 9.17) is 5.73 Å². The summed E-state index contributed by atoms with van der Waals surface area (Å²) in [5.74, 6) is -1.00. The Morgan fingerprint density at radius 3 is 2.43 bits per heavy atom. The summed E-state index contributed by atoms with van der Waals surface area (Å²) in [6.45, 7) is 7.18. The van der Waals surface area contributed by atoms with Crippen LogP contribution in [0.5, 0.6) is 0 Å². The molecule has 1 fully saturated rings. The lowest BCUT2D eigenvalue weighted by atomic mass is 10.1. The van der Waals surface area contributed by atoms with Crippen molar-refractivity contribution in [2.45, 2.75) is 46.5 Å². The second-order valence-corrected chi connectivity index (χ2v) is 5.49. The molecule has 1 aromatic carbocycles. The number of halogens is 1. The van der Waals surface area contributed by atoms with Crippen LogP contribution >= 0.6 is 0 Å². The molecule has 23 heavy (non-hydrogen) atoms. The number of benzene rings is 1. The maximum Gasteiger partial charge on any atom is 0.251 e. The van der Waals surface area contributed by atoms with E-state index in [0.29, 0.717) is 25.1 Å². The number of primary amides is 1. The van der Waals surface area contributed by atoms with Gasteiger partial charge in [0.2, 0.25) is 5.91 Å². The van der Waals surface area contributed by atoms with Crippen LogP contribution in [0.2, 0.25) is 0 Å². The van der Waals surface area contributed by atoms with Gasteiger partial charge in [-0.2, -0.15) is 0 Å². The zero-order valence-corrected chi connectivity index (χ0v) is 14.3. The van der Waals surface area contributed by atoms with Crippen molar-refractivity contribution in [3.05, 3.63) is 35.1 Å². The molecule has 1 aliphatic rings. The van der Waals surface area contributed by atoms with Gasteiger partial charge in [0.25, 0.3) is 5.91 Å². The minimum atomic E-state index is -0.770. The molecule has 2 rings (SSSR count). The molecule has 0 spiro atoms. The molecule has 4 nitrogen and oxygen atoms in total. The molecule has 0 aromatic heterocycles. The normalized spacial score (nSPS) is 13.0. The summed E-state index contributed by atoms with van der Waals surface area (Å²) in [7, 11) is 0. The number of nitrogens with two attached hydrogens (primary N) is 1. The lowest BCUT2D eigenvalue weighted by Gasteiger charge is -2.22. The summed E-state index contributed by atoms with van der Waals surface area (Å²) in [4.78, 5) is 25.1. The quantitative estimate of drug-likeness (QED) is 0.838. The Kier molecular flexibility index (Phi) is 7.72. The molecular weight excluding hydrogens is 295 g/mol. The molecule has 5 heteroatoms. The third kappa shape index (κ3) is 5.34. The number of carbonyl (C=O) groups is 2. The fraction of sp³-hybridized carbons (Fsp3) is 0.556. The van der Waals surface area contributed by atoms with Gasteiger partial charge in [0.05, 0.1) is 5.56 Å². The standard InChI is InChI=1S/C16H21FN2O2.C2H6/c1-2-9-19(16(21)12-6-7-12)10-8-11-4-3-5-13(14(11)17)15(18)20;1-2/h3-5,12H,2,6-10H2,1H3,(H2,18,20);1-2H3. The van der Waals surface area contributed by atoms with Crippen LogP contribution < -0.4 is 5.73 Å². The Morgan fingerprint density at radius 2 is 1.91 bits per heavy atom. The zero-order valence-electron chi connectivity index (χ0n) is 14.3. The van der Waals surface area contributed by atoms with Crippen molar-refractivity contribution >= 4 is 11.8 Å². The third-order valence-electron chi connectivity index (χ3n) is 3.73. The molecule has 1 aliphatic carbocycles. The first-order chi connectivity index (χ1) is 11.0. The first kappa shape index (κ1) is 19.1. The van der Waals surface area contributed by atoms with Crippen molar-refractivity contribution in [3.8, 4) is 0 Å². The summed E-state index contributed by atoms with van der Waals surface area (Å²) >= 11 is 0. The molecular formula is C18H27FN2O2. The molecule has 1 aromatic rings. The summed E-state index contributed by atoms with van der Waals surface area (Å²) in [5.41, 5.74) is 5.47. The molecule has 0 heterocycles. The largest absolute Gasteiger partial charge is 0.366 e. The van der Waals surface area contributed by atoms with E-state index >= 15 is 0 Å². The Balaban J connectivity index is 0.00000127. The Labute approximate surface area is 137 Å². The van der Waals surface area contributed by atoms with Gasteiger partial charge in [-0.15, -0.1) is 0 Å². The van der Waals surface area contributed by atoms with Crippen LogP contribution in [-0.2, 0) is 11.2 Å². The molecule has 0 bridgehead atoms. The fourth-order valence-electron chi connectivity index (χ4n) is 2.41. The average Bonchev–Trinajstić information content (AvgIpc) is 3.38. The van der Waals surface area contributed by atoms with Gasteiger partial charge in [0.15, 0.2) is 0 Å². The fourth-order valence-corrected chi connectivity index (χ4v) is 2.41. The maximum absolute atomic E-state index is 14.1. The van der Waals surface area contributed by atoms with Crippen LogP contribution in [0.25, 0.3) is 0 Å².